The summed E-state index contributed by atoms with van der Waals surface area (Å²) >= 11 is 1.72. The number of nitrogens with two attached hydrogens (primary N) is 1. The highest BCUT2D eigenvalue weighted by Crippen LogP contribution is 2.27. The fourth-order valence-corrected chi connectivity index (χ4v) is 3.37. The molecule has 0 aromatic carbocycles. The van der Waals surface area contributed by atoms with Crippen LogP contribution in [0.5, 0.6) is 0 Å². The minimum atomic E-state index is 0.337. The van der Waals surface area contributed by atoms with Crippen molar-refractivity contribution >= 4 is 11.8 Å². The molecule has 2 atom stereocenters. The van der Waals surface area contributed by atoms with Gasteiger partial charge in [0.15, 0.2) is 5.16 Å². The second-order valence-corrected chi connectivity index (χ2v) is 6.01. The molecule has 0 aliphatic carbocycles. The molecular weight excluding hydrogens is 248 g/mol. The van der Waals surface area contributed by atoms with Gasteiger partial charge in [0.05, 0.1) is 18.8 Å². The van der Waals surface area contributed by atoms with Gasteiger partial charge in [-0.1, -0.05) is 11.8 Å². The first-order valence-electron chi connectivity index (χ1n) is 6.54. The minimum absolute atomic E-state index is 0.337. The molecule has 2 unspecified atom stereocenters. The summed E-state index contributed by atoms with van der Waals surface area (Å²) in [6.45, 7) is 6.82. The predicted molar refractivity (Wildman–Crippen MR) is 72.6 cm³/mol. The second-order valence-electron chi connectivity index (χ2n) is 5.02. The fourth-order valence-electron chi connectivity index (χ4n) is 2.24. The molecule has 2 N–H and O–H groups in total. The summed E-state index contributed by atoms with van der Waals surface area (Å²) < 4.78 is 7.93. The summed E-state index contributed by atoms with van der Waals surface area (Å²) in [5, 5.41) is 9.32. The topological polar surface area (TPSA) is 66.0 Å². The van der Waals surface area contributed by atoms with Crippen LogP contribution in [0.4, 0.5) is 0 Å². The van der Waals surface area contributed by atoms with E-state index in [9.17, 15) is 0 Å². The van der Waals surface area contributed by atoms with E-state index in [1.165, 1.54) is 0 Å². The standard InChI is InChI=1S/C12H22N4OS/c1-8(2)16-11(6-13)14-15-12(16)18-7-10-5-4-9(3)17-10/h8-10H,4-7,13H2,1-3H3. The van der Waals surface area contributed by atoms with E-state index >= 15 is 0 Å². The van der Waals surface area contributed by atoms with Gasteiger partial charge in [-0.05, 0) is 33.6 Å². The largest absolute Gasteiger partial charge is 0.374 e. The Balaban J connectivity index is 1.98. The number of nitrogens with zero attached hydrogens (tertiary/aromatic N) is 3. The van der Waals surface area contributed by atoms with Gasteiger partial charge in [0, 0.05) is 11.8 Å². The van der Waals surface area contributed by atoms with Gasteiger partial charge in [-0.2, -0.15) is 0 Å². The van der Waals surface area contributed by atoms with E-state index in [-0.39, 0.29) is 0 Å². The summed E-state index contributed by atoms with van der Waals surface area (Å²) in [7, 11) is 0. The van der Waals surface area contributed by atoms with Crippen LogP contribution in [-0.2, 0) is 11.3 Å². The molecule has 2 heterocycles. The van der Waals surface area contributed by atoms with Gasteiger partial charge in [0.2, 0.25) is 0 Å². The number of ether oxygens (including phenoxy) is 1. The van der Waals surface area contributed by atoms with Crippen LogP contribution in [-0.4, -0.2) is 32.7 Å². The van der Waals surface area contributed by atoms with Gasteiger partial charge >= 0.3 is 0 Å². The van der Waals surface area contributed by atoms with Crippen molar-refractivity contribution in [1.82, 2.24) is 14.8 Å². The van der Waals surface area contributed by atoms with Crippen molar-refractivity contribution in [2.75, 3.05) is 5.75 Å². The molecule has 1 fully saturated rings. The molecule has 0 amide bonds. The van der Waals surface area contributed by atoms with Gasteiger partial charge in [-0.25, -0.2) is 0 Å². The Bertz CT molecular complexity index is 393. The fraction of sp³-hybridized carbons (Fsp3) is 0.833. The highest BCUT2D eigenvalue weighted by Gasteiger charge is 2.23. The molecule has 5 nitrogen and oxygen atoms in total. The number of rotatable bonds is 5. The Morgan fingerprint density at radius 1 is 1.44 bits per heavy atom. The van der Waals surface area contributed by atoms with Crippen molar-refractivity contribution in [3.63, 3.8) is 0 Å². The van der Waals surface area contributed by atoms with Crippen LogP contribution in [0, 0.1) is 0 Å². The van der Waals surface area contributed by atoms with Gasteiger partial charge in [0.25, 0.3) is 0 Å². The Kier molecular flexibility index (Phi) is 4.64. The van der Waals surface area contributed by atoms with E-state index in [1.807, 2.05) is 0 Å². The van der Waals surface area contributed by atoms with Crippen molar-refractivity contribution in [1.29, 1.82) is 0 Å². The molecule has 18 heavy (non-hydrogen) atoms. The van der Waals surface area contributed by atoms with Crippen LogP contribution in [0.1, 0.15) is 45.5 Å². The molecule has 1 aliphatic heterocycles. The van der Waals surface area contributed by atoms with Gasteiger partial charge in [-0.3, -0.25) is 0 Å². The Hall–Kier alpha value is -0.590. The quantitative estimate of drug-likeness (QED) is 0.829. The lowest BCUT2D eigenvalue weighted by Crippen LogP contribution is -2.14. The van der Waals surface area contributed by atoms with E-state index in [4.69, 9.17) is 10.5 Å². The molecule has 0 radical (unpaired) electrons. The maximum absolute atomic E-state index is 5.81. The highest BCUT2D eigenvalue weighted by atomic mass is 32.2. The number of hydrogen-bond donors (Lipinski definition) is 1. The summed E-state index contributed by atoms with van der Waals surface area (Å²) in [5.74, 6) is 1.80. The van der Waals surface area contributed by atoms with Gasteiger partial charge in [0.1, 0.15) is 5.82 Å². The monoisotopic (exact) mass is 270 g/mol. The van der Waals surface area contributed by atoms with E-state index in [2.05, 4.69) is 35.5 Å². The summed E-state index contributed by atoms with van der Waals surface area (Å²) in [5.41, 5.74) is 5.68. The molecule has 0 bridgehead atoms. The van der Waals surface area contributed by atoms with Crippen molar-refractivity contribution in [3.8, 4) is 0 Å². The Labute approximate surface area is 112 Å². The lowest BCUT2D eigenvalue weighted by Gasteiger charge is -2.14. The molecule has 0 spiro atoms. The van der Waals surface area contributed by atoms with E-state index in [1.54, 1.807) is 11.8 Å². The van der Waals surface area contributed by atoms with Crippen molar-refractivity contribution in [2.24, 2.45) is 5.73 Å². The maximum Gasteiger partial charge on any atom is 0.191 e. The smallest absolute Gasteiger partial charge is 0.191 e. The van der Waals surface area contributed by atoms with Gasteiger partial charge < -0.3 is 15.0 Å². The first-order chi connectivity index (χ1) is 8.61. The van der Waals surface area contributed by atoms with Gasteiger partial charge in [-0.15, -0.1) is 10.2 Å². The van der Waals surface area contributed by atoms with Crippen molar-refractivity contribution in [3.05, 3.63) is 5.82 Å². The molecular formula is C12H22N4OS. The molecule has 1 aliphatic rings. The van der Waals surface area contributed by atoms with Crippen LogP contribution < -0.4 is 5.73 Å². The maximum atomic E-state index is 5.81. The Morgan fingerprint density at radius 2 is 2.22 bits per heavy atom. The van der Waals surface area contributed by atoms with Crippen molar-refractivity contribution < 1.29 is 4.74 Å². The summed E-state index contributed by atoms with van der Waals surface area (Å²) in [4.78, 5) is 0. The van der Waals surface area contributed by atoms with E-state index in [0.717, 1.165) is 29.6 Å². The third kappa shape index (κ3) is 3.05. The molecule has 0 saturated carbocycles. The molecule has 2 rings (SSSR count). The first kappa shape index (κ1) is 13.8. The van der Waals surface area contributed by atoms with Crippen molar-refractivity contribution in [2.45, 2.75) is 63.6 Å². The zero-order valence-electron chi connectivity index (χ0n) is 11.3. The van der Waals surface area contributed by atoms with Crippen LogP contribution in [0.3, 0.4) is 0 Å². The zero-order valence-corrected chi connectivity index (χ0v) is 12.1. The average Bonchev–Trinajstić information content (AvgIpc) is 2.92. The molecule has 1 aromatic rings. The number of aromatic nitrogens is 3. The third-order valence-electron chi connectivity index (χ3n) is 3.15. The minimum Gasteiger partial charge on any atom is -0.374 e. The number of thioether (sulfide) groups is 1. The number of hydrogen-bond acceptors (Lipinski definition) is 5. The highest BCUT2D eigenvalue weighted by molar-refractivity contribution is 7.99. The lowest BCUT2D eigenvalue weighted by atomic mass is 10.2. The summed E-state index contributed by atoms with van der Waals surface area (Å²) in [6.07, 6.45) is 3.06. The van der Waals surface area contributed by atoms with Crippen LogP contribution in [0.25, 0.3) is 0 Å². The Morgan fingerprint density at radius 3 is 2.78 bits per heavy atom. The average molecular weight is 270 g/mol. The zero-order chi connectivity index (χ0) is 13.1. The van der Waals surface area contributed by atoms with Crippen LogP contribution in [0.2, 0.25) is 0 Å². The van der Waals surface area contributed by atoms with E-state index in [0.29, 0.717) is 24.8 Å². The third-order valence-corrected chi connectivity index (χ3v) is 4.23. The predicted octanol–water partition coefficient (Wildman–Crippen LogP) is 1.98. The van der Waals surface area contributed by atoms with Crippen LogP contribution in [0.15, 0.2) is 5.16 Å². The summed E-state index contributed by atoms with van der Waals surface area (Å²) in [6, 6.07) is 0.337. The molecule has 6 heteroatoms. The lowest BCUT2D eigenvalue weighted by molar-refractivity contribution is 0.0699. The molecule has 102 valence electrons. The normalized spacial score (nSPS) is 24.1. The SMILES string of the molecule is CC1CCC(CSc2nnc(CN)n2C(C)C)O1. The van der Waals surface area contributed by atoms with Crippen LogP contribution >= 0.6 is 11.8 Å². The molecule has 1 saturated heterocycles. The molecule has 1 aromatic heterocycles. The second kappa shape index (κ2) is 6.04. The first-order valence-corrected chi connectivity index (χ1v) is 7.52. The van der Waals surface area contributed by atoms with E-state index < -0.39 is 0 Å².